The molecule has 0 bridgehead atoms. The Balaban J connectivity index is 0. The lowest BCUT2D eigenvalue weighted by atomic mass is 10.2. The van der Waals surface area contributed by atoms with Crippen molar-refractivity contribution in [2.24, 2.45) is 5.92 Å². The zero-order valence-corrected chi connectivity index (χ0v) is 6.15. The van der Waals surface area contributed by atoms with Crippen LogP contribution in [0.1, 0.15) is 20.3 Å². The SMILES string of the molecule is CC(C)CCO.O=[N+]([O-])O. The third-order valence-electron chi connectivity index (χ3n) is 0.706. The summed E-state index contributed by atoms with van der Waals surface area (Å²) in [4.78, 5) is 8.36. The Kier molecular flexibility index (Phi) is 9.71. The van der Waals surface area contributed by atoms with Gasteiger partial charge in [0.25, 0.3) is 5.09 Å². The number of rotatable bonds is 2. The van der Waals surface area contributed by atoms with Gasteiger partial charge in [-0.15, -0.1) is 10.1 Å². The van der Waals surface area contributed by atoms with Gasteiger partial charge < -0.3 is 10.3 Å². The Morgan fingerprint density at radius 3 is 1.90 bits per heavy atom. The lowest BCUT2D eigenvalue weighted by Gasteiger charge is -1.95. The van der Waals surface area contributed by atoms with Crippen LogP contribution in [0.5, 0.6) is 0 Å². The van der Waals surface area contributed by atoms with Crippen molar-refractivity contribution in [1.82, 2.24) is 0 Å². The van der Waals surface area contributed by atoms with Gasteiger partial charge in [-0.05, 0) is 12.3 Å². The summed E-state index contributed by atoms with van der Waals surface area (Å²) >= 11 is 0. The van der Waals surface area contributed by atoms with Gasteiger partial charge in [0, 0.05) is 6.61 Å². The summed E-state index contributed by atoms with van der Waals surface area (Å²) in [5.74, 6) is 0.648. The second-order valence-corrected chi connectivity index (χ2v) is 2.14. The fourth-order valence-electron chi connectivity index (χ4n) is 0.258. The van der Waals surface area contributed by atoms with E-state index in [0.29, 0.717) is 12.5 Å². The lowest BCUT2D eigenvalue weighted by Crippen LogP contribution is -1.89. The van der Waals surface area contributed by atoms with Crippen LogP contribution in [-0.2, 0) is 0 Å². The normalized spacial score (nSPS) is 8.40. The summed E-state index contributed by atoms with van der Waals surface area (Å²) in [7, 11) is 0. The molecule has 0 unspecified atom stereocenters. The summed E-state index contributed by atoms with van der Waals surface area (Å²) < 4.78 is 0. The maximum Gasteiger partial charge on any atom is 0.291 e. The smallest absolute Gasteiger partial charge is 0.291 e. The minimum Gasteiger partial charge on any atom is -0.396 e. The maximum atomic E-state index is 8.36. The summed E-state index contributed by atoms with van der Waals surface area (Å²) in [6.45, 7) is 4.52. The van der Waals surface area contributed by atoms with E-state index in [1.165, 1.54) is 0 Å². The molecule has 5 nitrogen and oxygen atoms in total. The van der Waals surface area contributed by atoms with Crippen LogP contribution in [0.4, 0.5) is 0 Å². The molecule has 10 heavy (non-hydrogen) atoms. The zero-order chi connectivity index (χ0) is 8.57. The third-order valence-corrected chi connectivity index (χ3v) is 0.706. The number of nitrogens with zero attached hydrogens (tertiary/aromatic N) is 1. The molecule has 0 fully saturated rings. The lowest BCUT2D eigenvalue weighted by molar-refractivity contribution is -0.742. The minimum atomic E-state index is -1.50. The molecule has 0 atom stereocenters. The number of aliphatic hydroxyl groups excluding tert-OH is 1. The number of hydrogen-bond acceptors (Lipinski definition) is 3. The van der Waals surface area contributed by atoms with E-state index >= 15 is 0 Å². The summed E-state index contributed by atoms with van der Waals surface area (Å²) in [6, 6.07) is 0. The number of hydrogen-bond donors (Lipinski definition) is 2. The van der Waals surface area contributed by atoms with Crippen molar-refractivity contribution in [3.05, 3.63) is 10.1 Å². The maximum absolute atomic E-state index is 8.36. The first-order chi connectivity index (χ1) is 4.50. The van der Waals surface area contributed by atoms with E-state index in [4.69, 9.17) is 20.4 Å². The first kappa shape index (κ1) is 11.9. The summed E-state index contributed by atoms with van der Waals surface area (Å²) in [5.41, 5.74) is 0. The van der Waals surface area contributed by atoms with Crippen LogP contribution in [-0.4, -0.2) is 22.0 Å². The van der Waals surface area contributed by atoms with Crippen molar-refractivity contribution < 1.29 is 15.4 Å². The molecule has 0 aromatic carbocycles. The molecule has 0 rings (SSSR count). The Labute approximate surface area is 59.4 Å². The fraction of sp³-hybridized carbons (Fsp3) is 1.00. The van der Waals surface area contributed by atoms with Gasteiger partial charge in [0.15, 0.2) is 0 Å². The Morgan fingerprint density at radius 2 is 1.90 bits per heavy atom. The van der Waals surface area contributed by atoms with Gasteiger partial charge in [-0.25, -0.2) is 0 Å². The molecule has 0 aromatic heterocycles. The fourth-order valence-corrected chi connectivity index (χ4v) is 0.258. The van der Waals surface area contributed by atoms with Crippen LogP contribution >= 0.6 is 0 Å². The first-order valence-corrected chi connectivity index (χ1v) is 2.94. The standard InChI is InChI=1S/C5H12O.HNO3/c1-5(2)3-4-6;2-1(3)4/h5-6H,3-4H2,1-2H3;(H,2,3,4). The quantitative estimate of drug-likeness (QED) is 0.449. The topological polar surface area (TPSA) is 83.6 Å². The molecular formula is C5H13NO4. The highest BCUT2D eigenvalue weighted by molar-refractivity contribution is 4.38. The van der Waals surface area contributed by atoms with Gasteiger partial charge in [-0.2, -0.15) is 0 Å². The van der Waals surface area contributed by atoms with Crippen LogP contribution in [0.2, 0.25) is 0 Å². The Morgan fingerprint density at radius 1 is 1.60 bits per heavy atom. The van der Waals surface area contributed by atoms with E-state index < -0.39 is 5.09 Å². The molecule has 0 aliphatic rings. The second kappa shape index (κ2) is 8.16. The molecule has 0 radical (unpaired) electrons. The molecule has 0 aliphatic heterocycles. The van der Waals surface area contributed by atoms with Crippen LogP contribution in [0.15, 0.2) is 0 Å². The molecule has 0 saturated carbocycles. The molecular weight excluding hydrogens is 138 g/mol. The highest BCUT2D eigenvalue weighted by Gasteiger charge is 1.86. The third kappa shape index (κ3) is 58.2. The summed E-state index contributed by atoms with van der Waals surface area (Å²) in [5, 5.41) is 21.9. The van der Waals surface area contributed by atoms with Gasteiger partial charge in [0.2, 0.25) is 0 Å². The predicted molar refractivity (Wildman–Crippen MR) is 35.3 cm³/mol. The molecule has 0 aromatic rings. The highest BCUT2D eigenvalue weighted by Crippen LogP contribution is 1.94. The van der Waals surface area contributed by atoms with Gasteiger partial charge in [0.05, 0.1) is 0 Å². The summed E-state index contributed by atoms with van der Waals surface area (Å²) in [6.07, 6.45) is 0.931. The van der Waals surface area contributed by atoms with Crippen LogP contribution in [0.3, 0.4) is 0 Å². The molecule has 62 valence electrons. The van der Waals surface area contributed by atoms with E-state index in [2.05, 4.69) is 13.8 Å². The van der Waals surface area contributed by atoms with Crippen LogP contribution in [0, 0.1) is 16.0 Å². The molecule has 2 N–H and O–H groups in total. The second-order valence-electron chi connectivity index (χ2n) is 2.14. The highest BCUT2D eigenvalue weighted by atomic mass is 16.9. The minimum absolute atomic E-state index is 0.331. The average Bonchev–Trinajstić information content (AvgIpc) is 1.62. The van der Waals surface area contributed by atoms with Crippen molar-refractivity contribution in [2.45, 2.75) is 20.3 Å². The van der Waals surface area contributed by atoms with Crippen molar-refractivity contribution in [3.63, 3.8) is 0 Å². The van der Waals surface area contributed by atoms with Crippen molar-refractivity contribution in [3.8, 4) is 0 Å². The molecule has 0 amide bonds. The van der Waals surface area contributed by atoms with Gasteiger partial charge in [-0.1, -0.05) is 13.8 Å². The number of aliphatic hydroxyl groups is 1. The van der Waals surface area contributed by atoms with E-state index in [1.807, 2.05) is 0 Å². The van der Waals surface area contributed by atoms with Gasteiger partial charge in [0.1, 0.15) is 0 Å². The molecule has 0 saturated heterocycles. The Hall–Kier alpha value is -0.840. The van der Waals surface area contributed by atoms with Crippen molar-refractivity contribution >= 4 is 0 Å². The largest absolute Gasteiger partial charge is 0.396 e. The molecule has 0 aliphatic carbocycles. The monoisotopic (exact) mass is 151 g/mol. The molecule has 0 heterocycles. The first-order valence-electron chi connectivity index (χ1n) is 2.94. The van der Waals surface area contributed by atoms with Gasteiger partial charge >= 0.3 is 0 Å². The van der Waals surface area contributed by atoms with E-state index in [1.54, 1.807) is 0 Å². The molecule has 0 spiro atoms. The van der Waals surface area contributed by atoms with Crippen molar-refractivity contribution in [1.29, 1.82) is 0 Å². The van der Waals surface area contributed by atoms with E-state index in [0.717, 1.165) is 6.42 Å². The predicted octanol–water partition coefficient (Wildman–Crippen LogP) is 0.677. The van der Waals surface area contributed by atoms with E-state index in [-0.39, 0.29) is 0 Å². The average molecular weight is 151 g/mol. The van der Waals surface area contributed by atoms with Crippen LogP contribution < -0.4 is 0 Å². The zero-order valence-electron chi connectivity index (χ0n) is 6.15. The van der Waals surface area contributed by atoms with Gasteiger partial charge in [-0.3, -0.25) is 0 Å². The van der Waals surface area contributed by atoms with Crippen LogP contribution in [0.25, 0.3) is 0 Å². The van der Waals surface area contributed by atoms with E-state index in [9.17, 15) is 0 Å². The molecule has 5 heteroatoms. The van der Waals surface area contributed by atoms with Crippen molar-refractivity contribution in [2.75, 3.05) is 6.61 Å². The Bertz CT molecular complexity index is 79.7.